The standard InChI is InChI=1S/C11H13FNO/c1-11(2,3)13-10(14)8-6-4-5-7-9(8)12/h4,6-7H,1-3H3,(H,13,14). The minimum Gasteiger partial charge on any atom is -0.347 e. The second-order valence-electron chi connectivity index (χ2n) is 4.11. The average Bonchev–Trinajstić information content (AvgIpc) is 2.01. The van der Waals surface area contributed by atoms with Crippen LogP contribution in [0, 0.1) is 11.9 Å². The van der Waals surface area contributed by atoms with Crippen molar-refractivity contribution in [3.8, 4) is 0 Å². The van der Waals surface area contributed by atoms with Gasteiger partial charge in [-0.25, -0.2) is 4.39 Å². The third kappa shape index (κ3) is 2.83. The summed E-state index contributed by atoms with van der Waals surface area (Å²) in [5, 5.41) is 2.68. The molecule has 0 heterocycles. The molecule has 1 rings (SSSR count). The summed E-state index contributed by atoms with van der Waals surface area (Å²) in [5.41, 5.74) is -0.304. The number of amides is 1. The number of carbonyl (C=O) groups excluding carboxylic acids is 1. The summed E-state index contributed by atoms with van der Waals surface area (Å²) in [6, 6.07) is 6.64. The van der Waals surface area contributed by atoms with Gasteiger partial charge in [-0.05, 0) is 39.0 Å². The summed E-state index contributed by atoms with van der Waals surface area (Å²) in [4.78, 5) is 11.5. The van der Waals surface area contributed by atoms with E-state index < -0.39 is 11.7 Å². The van der Waals surface area contributed by atoms with Gasteiger partial charge in [-0.2, -0.15) is 0 Å². The van der Waals surface area contributed by atoms with Crippen LogP contribution in [0.3, 0.4) is 0 Å². The van der Waals surface area contributed by atoms with Gasteiger partial charge in [0.1, 0.15) is 5.82 Å². The summed E-state index contributed by atoms with van der Waals surface area (Å²) >= 11 is 0. The molecule has 1 aromatic carbocycles. The van der Waals surface area contributed by atoms with Crippen LogP contribution < -0.4 is 5.32 Å². The Bertz CT molecular complexity index is 341. The molecule has 0 aliphatic carbocycles. The lowest BCUT2D eigenvalue weighted by Gasteiger charge is -2.20. The van der Waals surface area contributed by atoms with E-state index in [9.17, 15) is 9.18 Å². The lowest BCUT2D eigenvalue weighted by molar-refractivity contribution is 0.0915. The highest BCUT2D eigenvalue weighted by molar-refractivity contribution is 5.94. The molecule has 14 heavy (non-hydrogen) atoms. The molecule has 3 heteroatoms. The number of hydrogen-bond acceptors (Lipinski definition) is 1. The van der Waals surface area contributed by atoms with E-state index in [0.29, 0.717) is 0 Å². The molecule has 75 valence electrons. The summed E-state index contributed by atoms with van der Waals surface area (Å²) in [7, 11) is 0. The van der Waals surface area contributed by atoms with Crippen LogP contribution in [0.5, 0.6) is 0 Å². The van der Waals surface area contributed by atoms with E-state index in [4.69, 9.17) is 0 Å². The van der Waals surface area contributed by atoms with Gasteiger partial charge in [0.2, 0.25) is 0 Å². The maximum atomic E-state index is 13.1. The van der Waals surface area contributed by atoms with Crippen LogP contribution in [0.15, 0.2) is 18.2 Å². The predicted molar refractivity (Wildman–Crippen MR) is 52.5 cm³/mol. The van der Waals surface area contributed by atoms with Gasteiger partial charge in [-0.3, -0.25) is 4.79 Å². The Balaban J connectivity index is 2.86. The molecule has 0 saturated carbocycles. The smallest absolute Gasteiger partial charge is 0.254 e. The number of hydrogen-bond donors (Lipinski definition) is 1. The Labute approximate surface area is 83.1 Å². The van der Waals surface area contributed by atoms with Gasteiger partial charge < -0.3 is 5.32 Å². The van der Waals surface area contributed by atoms with Gasteiger partial charge in [-0.15, -0.1) is 0 Å². The fraction of sp³-hybridized carbons (Fsp3) is 0.364. The van der Waals surface area contributed by atoms with Crippen molar-refractivity contribution in [2.24, 2.45) is 0 Å². The third-order valence-electron chi connectivity index (χ3n) is 1.55. The molecule has 1 radical (unpaired) electrons. The van der Waals surface area contributed by atoms with E-state index in [1.807, 2.05) is 20.8 Å². The van der Waals surface area contributed by atoms with E-state index in [2.05, 4.69) is 11.4 Å². The molecule has 0 unspecified atom stereocenters. The normalized spacial score (nSPS) is 11.1. The van der Waals surface area contributed by atoms with Crippen molar-refractivity contribution >= 4 is 5.91 Å². The number of carbonyl (C=O) groups is 1. The zero-order valence-electron chi connectivity index (χ0n) is 8.52. The molecule has 0 bridgehead atoms. The van der Waals surface area contributed by atoms with Crippen molar-refractivity contribution in [1.29, 1.82) is 0 Å². The minimum atomic E-state index is -0.547. The number of nitrogens with one attached hydrogen (secondary N) is 1. The van der Waals surface area contributed by atoms with Crippen LogP contribution in [-0.4, -0.2) is 11.4 Å². The quantitative estimate of drug-likeness (QED) is 0.729. The minimum absolute atomic E-state index is 0.0543. The van der Waals surface area contributed by atoms with Crippen LogP contribution in [0.4, 0.5) is 4.39 Å². The molecule has 0 aromatic heterocycles. The molecular weight excluding hydrogens is 181 g/mol. The van der Waals surface area contributed by atoms with Crippen LogP contribution in [-0.2, 0) is 0 Å². The lowest BCUT2D eigenvalue weighted by atomic mass is 10.1. The van der Waals surface area contributed by atoms with Gasteiger partial charge in [0.05, 0.1) is 5.56 Å². The molecule has 0 atom stereocenters. The third-order valence-corrected chi connectivity index (χ3v) is 1.55. The van der Waals surface area contributed by atoms with Gasteiger partial charge in [0.25, 0.3) is 5.91 Å². The molecular formula is C11H13FNO. The van der Waals surface area contributed by atoms with Gasteiger partial charge in [0, 0.05) is 5.54 Å². The topological polar surface area (TPSA) is 29.1 Å². The first-order valence-electron chi connectivity index (χ1n) is 4.38. The van der Waals surface area contributed by atoms with E-state index >= 15 is 0 Å². The van der Waals surface area contributed by atoms with E-state index in [1.165, 1.54) is 12.1 Å². The number of benzene rings is 1. The first-order chi connectivity index (χ1) is 6.40. The zero-order chi connectivity index (χ0) is 10.8. The fourth-order valence-corrected chi connectivity index (χ4v) is 1.00. The Morgan fingerprint density at radius 1 is 1.50 bits per heavy atom. The fourth-order valence-electron chi connectivity index (χ4n) is 1.00. The molecule has 1 N–H and O–H groups in total. The molecule has 0 saturated heterocycles. The van der Waals surface area contributed by atoms with Crippen LogP contribution in [0.2, 0.25) is 0 Å². The molecule has 2 nitrogen and oxygen atoms in total. The summed E-state index contributed by atoms with van der Waals surface area (Å²) in [5.74, 6) is -0.946. The molecule has 1 aromatic rings. The van der Waals surface area contributed by atoms with Gasteiger partial charge in [0.15, 0.2) is 0 Å². The monoisotopic (exact) mass is 194 g/mol. The Kier molecular flexibility index (Phi) is 2.89. The van der Waals surface area contributed by atoms with Crippen LogP contribution >= 0.6 is 0 Å². The predicted octanol–water partition coefficient (Wildman–Crippen LogP) is 2.15. The highest BCUT2D eigenvalue weighted by Crippen LogP contribution is 2.08. The van der Waals surface area contributed by atoms with Crippen LogP contribution in [0.1, 0.15) is 31.1 Å². The van der Waals surface area contributed by atoms with Crippen molar-refractivity contribution in [3.05, 3.63) is 35.6 Å². The van der Waals surface area contributed by atoms with E-state index in [1.54, 1.807) is 0 Å². The first-order valence-corrected chi connectivity index (χ1v) is 4.38. The van der Waals surface area contributed by atoms with Gasteiger partial charge in [-0.1, -0.05) is 6.07 Å². The molecule has 0 aliphatic rings. The largest absolute Gasteiger partial charge is 0.347 e. The lowest BCUT2D eigenvalue weighted by Crippen LogP contribution is -2.40. The van der Waals surface area contributed by atoms with Crippen LogP contribution in [0.25, 0.3) is 0 Å². The van der Waals surface area contributed by atoms with Crippen molar-refractivity contribution in [2.75, 3.05) is 0 Å². The SMILES string of the molecule is CC(C)(C)NC(=O)c1cc[c]cc1F. The van der Waals surface area contributed by atoms with Crippen molar-refractivity contribution in [3.63, 3.8) is 0 Å². The van der Waals surface area contributed by atoms with Gasteiger partial charge >= 0.3 is 0 Å². The second-order valence-corrected chi connectivity index (χ2v) is 4.11. The average molecular weight is 194 g/mol. The summed E-state index contributed by atoms with van der Waals surface area (Å²) in [6.07, 6.45) is 0. The highest BCUT2D eigenvalue weighted by atomic mass is 19.1. The van der Waals surface area contributed by atoms with Crippen molar-refractivity contribution in [2.45, 2.75) is 26.3 Å². The van der Waals surface area contributed by atoms with Crippen molar-refractivity contribution in [1.82, 2.24) is 5.32 Å². The first kappa shape index (κ1) is 10.7. The molecule has 1 amide bonds. The van der Waals surface area contributed by atoms with Crippen molar-refractivity contribution < 1.29 is 9.18 Å². The number of halogens is 1. The highest BCUT2D eigenvalue weighted by Gasteiger charge is 2.17. The summed E-state index contributed by atoms with van der Waals surface area (Å²) < 4.78 is 13.1. The van der Waals surface area contributed by atoms with E-state index in [-0.39, 0.29) is 11.1 Å². The Morgan fingerprint density at radius 2 is 2.14 bits per heavy atom. The maximum absolute atomic E-state index is 13.1. The maximum Gasteiger partial charge on any atom is 0.254 e. The van der Waals surface area contributed by atoms with E-state index in [0.717, 1.165) is 6.07 Å². The Morgan fingerprint density at radius 3 is 2.64 bits per heavy atom. The Hall–Kier alpha value is -1.38. The molecule has 0 spiro atoms. The molecule has 0 fully saturated rings. The summed E-state index contributed by atoms with van der Waals surface area (Å²) in [6.45, 7) is 5.54. The second kappa shape index (κ2) is 3.78. The number of rotatable bonds is 1. The molecule has 0 aliphatic heterocycles. The zero-order valence-corrected chi connectivity index (χ0v) is 8.52.